The number of esters is 1. The van der Waals surface area contributed by atoms with E-state index in [1.807, 2.05) is 13.8 Å². The van der Waals surface area contributed by atoms with Crippen molar-refractivity contribution in [1.82, 2.24) is 9.03 Å². The van der Waals surface area contributed by atoms with Crippen molar-refractivity contribution in [2.45, 2.75) is 64.5 Å². The summed E-state index contributed by atoms with van der Waals surface area (Å²) < 4.78 is 33.5. The van der Waals surface area contributed by atoms with Crippen LogP contribution in [0.25, 0.3) is 0 Å². The molecule has 0 spiro atoms. The van der Waals surface area contributed by atoms with Gasteiger partial charge in [0.05, 0.1) is 7.11 Å². The minimum absolute atomic E-state index is 0.0218. The molecule has 6 nitrogen and oxygen atoms in total. The van der Waals surface area contributed by atoms with Crippen LogP contribution in [0.4, 0.5) is 0 Å². The van der Waals surface area contributed by atoms with Crippen LogP contribution in [0.1, 0.15) is 52.4 Å². The van der Waals surface area contributed by atoms with Crippen molar-refractivity contribution < 1.29 is 17.9 Å². The minimum atomic E-state index is -3.68. The molecule has 21 heavy (non-hydrogen) atoms. The average Bonchev–Trinajstić information content (AvgIpc) is 2.45. The molecule has 0 aromatic rings. The maximum atomic E-state index is 12.4. The van der Waals surface area contributed by atoms with Gasteiger partial charge in [0.2, 0.25) is 0 Å². The summed E-state index contributed by atoms with van der Waals surface area (Å²) in [5.41, 5.74) is 0. The predicted octanol–water partition coefficient (Wildman–Crippen LogP) is 1.67. The highest BCUT2D eigenvalue weighted by atomic mass is 32.2. The second-order valence-electron chi connectivity index (χ2n) is 6.14. The van der Waals surface area contributed by atoms with Crippen LogP contribution in [-0.2, 0) is 19.7 Å². The van der Waals surface area contributed by atoms with E-state index in [4.69, 9.17) is 4.74 Å². The molecule has 1 saturated carbocycles. The second kappa shape index (κ2) is 8.10. The van der Waals surface area contributed by atoms with Crippen molar-refractivity contribution in [3.05, 3.63) is 0 Å². The number of rotatable bonds is 7. The molecule has 1 rings (SSSR count). The highest BCUT2D eigenvalue weighted by molar-refractivity contribution is 7.87. The molecule has 0 aromatic heterocycles. The van der Waals surface area contributed by atoms with Gasteiger partial charge in [-0.3, -0.25) is 4.79 Å². The van der Waals surface area contributed by atoms with Crippen molar-refractivity contribution >= 4 is 16.2 Å². The molecule has 1 atom stereocenters. The van der Waals surface area contributed by atoms with Crippen molar-refractivity contribution in [2.75, 3.05) is 14.2 Å². The van der Waals surface area contributed by atoms with E-state index < -0.39 is 22.2 Å². The summed E-state index contributed by atoms with van der Waals surface area (Å²) in [6.07, 6.45) is 5.45. The second-order valence-corrected chi connectivity index (χ2v) is 7.90. The SMILES string of the molecule is COC(=O)C(CC(C)C)NS(=O)(=O)N(C)C1CCCCC1. The van der Waals surface area contributed by atoms with Gasteiger partial charge in [-0.15, -0.1) is 0 Å². The Labute approximate surface area is 128 Å². The maximum Gasteiger partial charge on any atom is 0.323 e. The normalized spacial score (nSPS) is 19.0. The number of methoxy groups -OCH3 is 1. The zero-order valence-electron chi connectivity index (χ0n) is 13.5. The lowest BCUT2D eigenvalue weighted by Gasteiger charge is -2.31. The number of hydrogen-bond acceptors (Lipinski definition) is 4. The van der Waals surface area contributed by atoms with E-state index in [0.717, 1.165) is 32.1 Å². The molecule has 0 heterocycles. The van der Waals surface area contributed by atoms with E-state index in [9.17, 15) is 13.2 Å². The fourth-order valence-corrected chi connectivity index (χ4v) is 4.03. The molecule has 0 bridgehead atoms. The Bertz CT molecular complexity index is 430. The molecule has 0 aliphatic heterocycles. The molecule has 1 aliphatic rings. The maximum absolute atomic E-state index is 12.4. The highest BCUT2D eigenvalue weighted by Gasteiger charge is 2.32. The summed E-state index contributed by atoms with van der Waals surface area (Å²) in [6.45, 7) is 3.88. The number of carbonyl (C=O) groups is 1. The Morgan fingerprint density at radius 2 is 1.86 bits per heavy atom. The van der Waals surface area contributed by atoms with Crippen molar-refractivity contribution in [2.24, 2.45) is 5.92 Å². The van der Waals surface area contributed by atoms with Crippen LogP contribution in [0, 0.1) is 5.92 Å². The van der Waals surface area contributed by atoms with Gasteiger partial charge in [0, 0.05) is 13.1 Å². The van der Waals surface area contributed by atoms with E-state index in [1.54, 1.807) is 7.05 Å². The fraction of sp³-hybridized carbons (Fsp3) is 0.929. The molecule has 0 saturated heterocycles. The number of ether oxygens (including phenoxy) is 1. The van der Waals surface area contributed by atoms with Gasteiger partial charge in [0.1, 0.15) is 6.04 Å². The Morgan fingerprint density at radius 3 is 2.33 bits per heavy atom. The molecule has 1 N–H and O–H groups in total. The summed E-state index contributed by atoms with van der Waals surface area (Å²) >= 11 is 0. The molecule has 7 heteroatoms. The van der Waals surface area contributed by atoms with Gasteiger partial charge in [-0.05, 0) is 25.2 Å². The molecule has 124 valence electrons. The first-order valence-electron chi connectivity index (χ1n) is 7.61. The van der Waals surface area contributed by atoms with Crippen molar-refractivity contribution in [3.63, 3.8) is 0 Å². The largest absolute Gasteiger partial charge is 0.468 e. The van der Waals surface area contributed by atoms with Crippen LogP contribution in [0.3, 0.4) is 0 Å². The van der Waals surface area contributed by atoms with E-state index in [1.165, 1.54) is 11.4 Å². The Morgan fingerprint density at radius 1 is 1.29 bits per heavy atom. The third kappa shape index (κ3) is 5.56. The average molecular weight is 320 g/mol. The first-order valence-corrected chi connectivity index (χ1v) is 9.05. The number of nitrogens with one attached hydrogen (secondary N) is 1. The van der Waals surface area contributed by atoms with Gasteiger partial charge >= 0.3 is 5.97 Å². The number of carbonyl (C=O) groups excluding carboxylic acids is 1. The van der Waals surface area contributed by atoms with Gasteiger partial charge in [-0.25, -0.2) is 0 Å². The first-order chi connectivity index (χ1) is 9.77. The van der Waals surface area contributed by atoms with E-state index in [2.05, 4.69) is 4.72 Å². The monoisotopic (exact) mass is 320 g/mol. The third-order valence-corrected chi connectivity index (χ3v) is 5.59. The summed E-state index contributed by atoms with van der Waals surface area (Å²) in [5, 5.41) is 0. The molecular weight excluding hydrogens is 292 g/mol. The van der Waals surface area contributed by atoms with Crippen molar-refractivity contribution in [3.8, 4) is 0 Å². The number of nitrogens with zero attached hydrogens (tertiary/aromatic N) is 1. The molecule has 0 amide bonds. The predicted molar refractivity (Wildman–Crippen MR) is 82.0 cm³/mol. The van der Waals surface area contributed by atoms with Crippen LogP contribution in [-0.4, -0.2) is 44.9 Å². The Kier molecular flexibility index (Phi) is 7.09. The molecule has 1 aliphatic carbocycles. The van der Waals surface area contributed by atoms with Gasteiger partial charge in [-0.1, -0.05) is 33.1 Å². The number of hydrogen-bond donors (Lipinski definition) is 1. The molecule has 1 fully saturated rings. The van der Waals surface area contributed by atoms with Crippen molar-refractivity contribution in [1.29, 1.82) is 0 Å². The van der Waals surface area contributed by atoms with Crippen LogP contribution >= 0.6 is 0 Å². The van der Waals surface area contributed by atoms with Crippen LogP contribution in [0.15, 0.2) is 0 Å². The zero-order chi connectivity index (χ0) is 16.0. The van der Waals surface area contributed by atoms with E-state index in [0.29, 0.717) is 6.42 Å². The molecular formula is C14H28N2O4S. The summed E-state index contributed by atoms with van der Waals surface area (Å²) in [7, 11) is -0.819. The molecule has 0 aromatic carbocycles. The standard InChI is InChI=1S/C14H28N2O4S/c1-11(2)10-13(14(17)20-4)15-21(18,19)16(3)12-8-6-5-7-9-12/h11-13,15H,5-10H2,1-4H3. The third-order valence-electron chi connectivity index (χ3n) is 3.95. The topological polar surface area (TPSA) is 75.7 Å². The molecule has 1 unspecified atom stereocenters. The van der Waals surface area contributed by atoms with Gasteiger partial charge in [0.25, 0.3) is 10.2 Å². The smallest absolute Gasteiger partial charge is 0.323 e. The Hall–Kier alpha value is -0.660. The molecule has 0 radical (unpaired) electrons. The highest BCUT2D eigenvalue weighted by Crippen LogP contribution is 2.23. The minimum Gasteiger partial charge on any atom is -0.468 e. The van der Waals surface area contributed by atoms with Crippen LogP contribution in [0.5, 0.6) is 0 Å². The summed E-state index contributed by atoms with van der Waals surface area (Å²) in [4.78, 5) is 11.8. The lowest BCUT2D eigenvalue weighted by Crippen LogP contribution is -2.51. The van der Waals surface area contributed by atoms with Gasteiger partial charge < -0.3 is 4.74 Å². The first kappa shape index (κ1) is 18.4. The lowest BCUT2D eigenvalue weighted by molar-refractivity contribution is -0.143. The Balaban J connectivity index is 2.76. The quantitative estimate of drug-likeness (QED) is 0.724. The summed E-state index contributed by atoms with van der Waals surface area (Å²) in [6, 6.07) is -0.806. The van der Waals surface area contributed by atoms with Crippen LogP contribution < -0.4 is 4.72 Å². The van der Waals surface area contributed by atoms with Crippen LogP contribution in [0.2, 0.25) is 0 Å². The van der Waals surface area contributed by atoms with E-state index in [-0.39, 0.29) is 12.0 Å². The lowest BCUT2D eigenvalue weighted by atomic mass is 9.96. The fourth-order valence-electron chi connectivity index (χ4n) is 2.71. The van der Waals surface area contributed by atoms with Gasteiger partial charge in [-0.2, -0.15) is 17.4 Å². The van der Waals surface area contributed by atoms with E-state index >= 15 is 0 Å². The zero-order valence-corrected chi connectivity index (χ0v) is 14.3. The summed E-state index contributed by atoms with van der Waals surface area (Å²) in [5.74, 6) is -0.346. The van der Waals surface area contributed by atoms with Gasteiger partial charge in [0.15, 0.2) is 0 Å².